The van der Waals surface area contributed by atoms with Gasteiger partial charge in [-0.15, -0.1) is 0 Å². The van der Waals surface area contributed by atoms with Crippen molar-refractivity contribution in [3.8, 4) is 0 Å². The predicted molar refractivity (Wildman–Crippen MR) is 80.2 cm³/mol. The van der Waals surface area contributed by atoms with E-state index in [1.807, 2.05) is 6.20 Å². The number of hydrogen-bond acceptors (Lipinski definition) is 3. The summed E-state index contributed by atoms with van der Waals surface area (Å²) in [5, 5.41) is 8.90. The highest BCUT2D eigenvalue weighted by atomic mass is 79.9. The SMILES string of the molecule is Cn1cc(Br)cc1C(=O)N(CCC(=O)O)C1CCOCC1. The standard InChI is InChI=1S/C14H19BrN2O4/c1-16-9-10(15)8-12(16)14(20)17(5-2-13(18)19)11-3-6-21-7-4-11/h8-9,11H,2-7H2,1H3,(H,18,19). The number of aromatic nitrogens is 1. The fourth-order valence-electron chi connectivity index (χ4n) is 2.55. The van der Waals surface area contributed by atoms with Crippen LogP contribution in [0.3, 0.4) is 0 Å². The Morgan fingerprint density at radius 2 is 2.14 bits per heavy atom. The zero-order chi connectivity index (χ0) is 15.4. The second kappa shape index (κ2) is 7.09. The van der Waals surface area contributed by atoms with Gasteiger partial charge in [0.25, 0.3) is 5.91 Å². The Kier molecular flexibility index (Phi) is 5.41. The van der Waals surface area contributed by atoms with Gasteiger partial charge < -0.3 is 19.3 Å². The number of nitrogens with zero attached hydrogens (tertiary/aromatic N) is 2. The largest absolute Gasteiger partial charge is 0.481 e. The van der Waals surface area contributed by atoms with E-state index in [2.05, 4.69) is 15.9 Å². The molecule has 1 aliphatic rings. The maximum atomic E-state index is 12.7. The molecular formula is C14H19BrN2O4. The maximum Gasteiger partial charge on any atom is 0.305 e. The molecule has 0 aliphatic carbocycles. The molecule has 1 fully saturated rings. The second-order valence-corrected chi connectivity index (χ2v) is 6.06. The highest BCUT2D eigenvalue weighted by molar-refractivity contribution is 9.10. The number of aliphatic carboxylic acids is 1. The van der Waals surface area contributed by atoms with Gasteiger partial charge in [-0.2, -0.15) is 0 Å². The van der Waals surface area contributed by atoms with Crippen LogP contribution < -0.4 is 0 Å². The minimum atomic E-state index is -0.895. The molecule has 2 heterocycles. The molecule has 1 amide bonds. The molecule has 116 valence electrons. The van der Waals surface area contributed by atoms with Crippen LogP contribution in [-0.4, -0.2) is 52.3 Å². The van der Waals surface area contributed by atoms with Gasteiger partial charge >= 0.3 is 5.97 Å². The minimum absolute atomic E-state index is 0.0410. The fourth-order valence-corrected chi connectivity index (χ4v) is 3.07. The molecule has 0 saturated carbocycles. The number of carbonyl (C=O) groups excluding carboxylic acids is 1. The normalized spacial score (nSPS) is 15.9. The molecule has 1 aromatic heterocycles. The molecule has 0 unspecified atom stereocenters. The van der Waals surface area contributed by atoms with Crippen molar-refractivity contribution in [1.29, 1.82) is 0 Å². The van der Waals surface area contributed by atoms with E-state index in [9.17, 15) is 9.59 Å². The van der Waals surface area contributed by atoms with Crippen molar-refractivity contribution in [2.24, 2.45) is 7.05 Å². The van der Waals surface area contributed by atoms with Crippen molar-refractivity contribution >= 4 is 27.8 Å². The van der Waals surface area contributed by atoms with Crippen molar-refractivity contribution in [2.45, 2.75) is 25.3 Å². The average Bonchev–Trinajstić information content (AvgIpc) is 2.78. The van der Waals surface area contributed by atoms with Gasteiger partial charge in [-0.05, 0) is 34.8 Å². The third-order valence-corrected chi connectivity index (χ3v) is 4.08. The summed E-state index contributed by atoms with van der Waals surface area (Å²) in [6.07, 6.45) is 3.26. The van der Waals surface area contributed by atoms with E-state index in [1.165, 1.54) is 0 Å². The second-order valence-electron chi connectivity index (χ2n) is 5.14. The van der Waals surface area contributed by atoms with Gasteiger partial charge in [0, 0.05) is 43.5 Å². The number of carbonyl (C=O) groups is 2. The van der Waals surface area contributed by atoms with Crippen molar-refractivity contribution in [2.75, 3.05) is 19.8 Å². The summed E-state index contributed by atoms with van der Waals surface area (Å²) in [6, 6.07) is 1.80. The first-order valence-corrected chi connectivity index (χ1v) is 7.70. The Hall–Kier alpha value is -1.34. The summed E-state index contributed by atoms with van der Waals surface area (Å²) < 4.78 is 7.90. The first kappa shape index (κ1) is 16.0. The number of ether oxygens (including phenoxy) is 1. The van der Waals surface area contributed by atoms with E-state index in [0.717, 1.165) is 17.3 Å². The smallest absolute Gasteiger partial charge is 0.305 e. The lowest BCUT2D eigenvalue weighted by Gasteiger charge is -2.34. The highest BCUT2D eigenvalue weighted by Gasteiger charge is 2.28. The van der Waals surface area contributed by atoms with Gasteiger partial charge in [0.05, 0.1) is 6.42 Å². The molecule has 1 saturated heterocycles. The number of hydrogen-bond donors (Lipinski definition) is 1. The van der Waals surface area contributed by atoms with Gasteiger partial charge in [0.2, 0.25) is 0 Å². The van der Waals surface area contributed by atoms with Crippen molar-refractivity contribution in [3.05, 3.63) is 22.4 Å². The topological polar surface area (TPSA) is 71.8 Å². The average molecular weight is 359 g/mol. The number of carboxylic acid groups (broad SMARTS) is 1. The monoisotopic (exact) mass is 358 g/mol. The molecule has 0 aromatic carbocycles. The molecule has 21 heavy (non-hydrogen) atoms. The Bertz CT molecular complexity index is 523. The summed E-state index contributed by atoms with van der Waals surface area (Å²) in [4.78, 5) is 25.3. The zero-order valence-corrected chi connectivity index (χ0v) is 13.5. The van der Waals surface area contributed by atoms with Crippen molar-refractivity contribution in [1.82, 2.24) is 9.47 Å². The van der Waals surface area contributed by atoms with E-state index >= 15 is 0 Å². The van der Waals surface area contributed by atoms with E-state index in [0.29, 0.717) is 18.9 Å². The van der Waals surface area contributed by atoms with Crippen LogP contribution in [0.15, 0.2) is 16.7 Å². The first-order valence-electron chi connectivity index (χ1n) is 6.91. The van der Waals surface area contributed by atoms with Crippen LogP contribution >= 0.6 is 15.9 Å². The van der Waals surface area contributed by atoms with Crippen molar-refractivity contribution in [3.63, 3.8) is 0 Å². The van der Waals surface area contributed by atoms with Gasteiger partial charge in [-0.25, -0.2) is 0 Å². The Morgan fingerprint density at radius 3 is 2.67 bits per heavy atom. The third-order valence-electron chi connectivity index (χ3n) is 3.65. The van der Waals surface area contributed by atoms with Crippen LogP contribution in [-0.2, 0) is 16.6 Å². The van der Waals surface area contributed by atoms with E-state index in [-0.39, 0.29) is 24.9 Å². The maximum absolute atomic E-state index is 12.7. The molecule has 1 aliphatic heterocycles. The molecule has 1 aromatic rings. The predicted octanol–water partition coefficient (Wildman–Crippen LogP) is 1.88. The number of rotatable bonds is 5. The quantitative estimate of drug-likeness (QED) is 0.872. The fraction of sp³-hybridized carbons (Fsp3) is 0.571. The zero-order valence-electron chi connectivity index (χ0n) is 11.9. The van der Waals surface area contributed by atoms with Crippen LogP contribution in [0.1, 0.15) is 29.8 Å². The third kappa shape index (κ3) is 4.07. The number of aryl methyl sites for hydroxylation is 1. The number of carboxylic acids is 1. The Morgan fingerprint density at radius 1 is 1.48 bits per heavy atom. The highest BCUT2D eigenvalue weighted by Crippen LogP contribution is 2.20. The summed E-state index contributed by atoms with van der Waals surface area (Å²) in [5.41, 5.74) is 0.554. The molecule has 1 N–H and O–H groups in total. The van der Waals surface area contributed by atoms with Crippen LogP contribution in [0.2, 0.25) is 0 Å². The van der Waals surface area contributed by atoms with Gasteiger partial charge in [0.15, 0.2) is 0 Å². The summed E-state index contributed by atoms with van der Waals surface area (Å²) in [7, 11) is 1.80. The van der Waals surface area contributed by atoms with E-state index in [1.54, 1.807) is 22.6 Å². The van der Waals surface area contributed by atoms with Gasteiger partial charge in [-0.1, -0.05) is 0 Å². The molecule has 0 spiro atoms. The lowest BCUT2D eigenvalue weighted by molar-refractivity contribution is -0.137. The molecule has 2 rings (SSSR count). The van der Waals surface area contributed by atoms with Crippen LogP contribution in [0.4, 0.5) is 0 Å². The molecule has 0 bridgehead atoms. The van der Waals surface area contributed by atoms with Crippen molar-refractivity contribution < 1.29 is 19.4 Å². The van der Waals surface area contributed by atoms with Crippen LogP contribution in [0.25, 0.3) is 0 Å². The lowest BCUT2D eigenvalue weighted by Crippen LogP contribution is -2.45. The minimum Gasteiger partial charge on any atom is -0.481 e. The van der Waals surface area contributed by atoms with Crippen LogP contribution in [0.5, 0.6) is 0 Å². The Labute approximate surface area is 131 Å². The van der Waals surface area contributed by atoms with Gasteiger partial charge in [-0.3, -0.25) is 9.59 Å². The van der Waals surface area contributed by atoms with Crippen LogP contribution in [0, 0.1) is 0 Å². The summed E-state index contributed by atoms with van der Waals surface area (Å²) in [6.45, 7) is 1.44. The number of halogens is 1. The molecule has 0 atom stereocenters. The lowest BCUT2D eigenvalue weighted by atomic mass is 10.1. The summed E-state index contributed by atoms with van der Waals surface area (Å²) in [5.74, 6) is -1.02. The van der Waals surface area contributed by atoms with E-state index < -0.39 is 5.97 Å². The molecule has 6 nitrogen and oxygen atoms in total. The van der Waals surface area contributed by atoms with Gasteiger partial charge in [0.1, 0.15) is 5.69 Å². The summed E-state index contributed by atoms with van der Waals surface area (Å²) >= 11 is 3.35. The first-order chi connectivity index (χ1) is 9.99. The Balaban J connectivity index is 2.18. The van der Waals surface area contributed by atoms with E-state index in [4.69, 9.17) is 9.84 Å². The molecule has 0 radical (unpaired) electrons. The number of amides is 1. The molecule has 7 heteroatoms. The molecular weight excluding hydrogens is 340 g/mol.